The molecule has 0 saturated carbocycles. The van der Waals surface area contributed by atoms with Gasteiger partial charge in [-0.15, -0.1) is 0 Å². The Bertz CT molecular complexity index is 154. The highest BCUT2D eigenvalue weighted by Gasteiger charge is 1.86. The summed E-state index contributed by atoms with van der Waals surface area (Å²) in [5, 5.41) is 0. The molecule has 0 radical (unpaired) electrons. The second-order valence-electron chi connectivity index (χ2n) is 1.02. The molecule has 0 aromatic carbocycles. The molecule has 0 aliphatic rings. The predicted octanol–water partition coefficient (Wildman–Crippen LogP) is -0.861. The third-order valence-electron chi connectivity index (χ3n) is 0.370. The molecule has 0 aromatic heterocycles. The van der Waals surface area contributed by atoms with E-state index < -0.39 is 17.3 Å². The molecule has 0 rings (SSSR count). The summed E-state index contributed by atoms with van der Waals surface area (Å²) in [6, 6.07) is 0. The molecule has 0 aromatic rings. The van der Waals surface area contributed by atoms with Crippen molar-refractivity contribution >= 4 is 17.3 Å². The fraction of sp³-hybridized carbons (Fsp3) is 0. The first-order chi connectivity index (χ1) is 4.13. The van der Waals surface area contributed by atoms with Gasteiger partial charge < -0.3 is 9.92 Å². The minimum atomic E-state index is -2.38. The number of amides is 1. The lowest BCUT2D eigenvalue weighted by atomic mass is 10.6. The molecular weight excluding hydrogens is 146 g/mol. The van der Waals surface area contributed by atoms with Gasteiger partial charge in [-0.25, -0.2) is 0 Å². The van der Waals surface area contributed by atoms with Crippen molar-refractivity contribution in [2.24, 2.45) is 5.73 Å². The molecule has 52 valence electrons. The SMILES string of the molecule is NC(=O)C=COS(=O)O. The van der Waals surface area contributed by atoms with Gasteiger partial charge in [0, 0.05) is 6.08 Å². The van der Waals surface area contributed by atoms with Crippen molar-refractivity contribution in [2.45, 2.75) is 0 Å². The van der Waals surface area contributed by atoms with E-state index in [1.807, 2.05) is 0 Å². The van der Waals surface area contributed by atoms with Crippen LogP contribution in [0.15, 0.2) is 12.3 Å². The largest absolute Gasteiger partial charge is 0.388 e. The minimum absolute atomic E-state index is 0.736. The summed E-state index contributed by atoms with van der Waals surface area (Å²) in [7, 11) is 0. The quantitative estimate of drug-likeness (QED) is 0.312. The van der Waals surface area contributed by atoms with E-state index in [1.165, 1.54) is 0 Å². The maximum absolute atomic E-state index is 9.86. The van der Waals surface area contributed by atoms with Crippen molar-refractivity contribution in [1.29, 1.82) is 0 Å². The Morgan fingerprint density at radius 2 is 2.33 bits per heavy atom. The third kappa shape index (κ3) is 7.12. The van der Waals surface area contributed by atoms with Crippen LogP contribution in [0.2, 0.25) is 0 Å². The van der Waals surface area contributed by atoms with Crippen molar-refractivity contribution in [2.75, 3.05) is 0 Å². The molecular formula is C3H5NO4S. The Kier molecular flexibility index (Phi) is 3.65. The lowest BCUT2D eigenvalue weighted by molar-refractivity contribution is -0.113. The fourth-order valence-corrected chi connectivity index (χ4v) is 0.293. The summed E-state index contributed by atoms with van der Waals surface area (Å²) in [6.45, 7) is 0. The molecule has 0 heterocycles. The summed E-state index contributed by atoms with van der Waals surface area (Å²) >= 11 is -2.38. The van der Waals surface area contributed by atoms with Crippen molar-refractivity contribution in [3.63, 3.8) is 0 Å². The average molecular weight is 151 g/mol. The van der Waals surface area contributed by atoms with E-state index in [2.05, 4.69) is 9.92 Å². The Balaban J connectivity index is 3.48. The van der Waals surface area contributed by atoms with Gasteiger partial charge in [-0.1, -0.05) is 0 Å². The summed E-state index contributed by atoms with van der Waals surface area (Å²) in [5.74, 6) is -0.736. The Morgan fingerprint density at radius 3 is 2.67 bits per heavy atom. The van der Waals surface area contributed by atoms with Gasteiger partial charge in [-0.3, -0.25) is 9.35 Å². The number of carbonyl (C=O) groups excluding carboxylic acids is 1. The van der Waals surface area contributed by atoms with Gasteiger partial charge in [0.1, 0.15) is 6.26 Å². The van der Waals surface area contributed by atoms with E-state index in [-0.39, 0.29) is 0 Å². The van der Waals surface area contributed by atoms with Gasteiger partial charge in [0.15, 0.2) is 0 Å². The number of nitrogens with two attached hydrogens (primary N) is 1. The molecule has 0 fully saturated rings. The first-order valence-corrected chi connectivity index (χ1v) is 2.90. The average Bonchev–Trinajstić information content (AvgIpc) is 1.63. The standard InChI is InChI=1S/C3H5NO4S/c4-3(5)1-2-8-9(6)7/h1-2H,(H2,4,5)(H,6,7). The van der Waals surface area contributed by atoms with Crippen LogP contribution >= 0.6 is 0 Å². The molecule has 0 aliphatic heterocycles. The van der Waals surface area contributed by atoms with Gasteiger partial charge in [-0.2, -0.15) is 4.21 Å². The fourth-order valence-electron chi connectivity index (χ4n) is 0.142. The van der Waals surface area contributed by atoms with E-state index in [1.54, 1.807) is 0 Å². The molecule has 1 atom stereocenters. The molecule has 1 amide bonds. The topological polar surface area (TPSA) is 89.6 Å². The maximum Gasteiger partial charge on any atom is 0.356 e. The van der Waals surface area contributed by atoms with Crippen molar-refractivity contribution in [3.05, 3.63) is 12.3 Å². The van der Waals surface area contributed by atoms with Crippen LogP contribution in [0.25, 0.3) is 0 Å². The first-order valence-electron chi connectivity index (χ1n) is 1.87. The zero-order valence-corrected chi connectivity index (χ0v) is 5.13. The van der Waals surface area contributed by atoms with Crippen LogP contribution in [-0.4, -0.2) is 14.7 Å². The Hall–Kier alpha value is -0.880. The zero-order chi connectivity index (χ0) is 7.28. The van der Waals surface area contributed by atoms with E-state index >= 15 is 0 Å². The van der Waals surface area contributed by atoms with Gasteiger partial charge in [0.2, 0.25) is 5.91 Å². The smallest absolute Gasteiger partial charge is 0.356 e. The van der Waals surface area contributed by atoms with Crippen molar-refractivity contribution in [3.8, 4) is 0 Å². The first kappa shape index (κ1) is 8.12. The molecule has 6 heteroatoms. The van der Waals surface area contributed by atoms with Gasteiger partial charge in [-0.05, 0) is 0 Å². The number of hydrogen-bond donors (Lipinski definition) is 2. The van der Waals surface area contributed by atoms with E-state index in [9.17, 15) is 9.00 Å². The molecule has 9 heavy (non-hydrogen) atoms. The molecule has 5 nitrogen and oxygen atoms in total. The monoisotopic (exact) mass is 151 g/mol. The van der Waals surface area contributed by atoms with E-state index in [0.29, 0.717) is 0 Å². The molecule has 0 aliphatic carbocycles. The summed E-state index contributed by atoms with van der Waals surface area (Å²) < 4.78 is 21.5. The second kappa shape index (κ2) is 4.04. The highest BCUT2D eigenvalue weighted by atomic mass is 32.2. The molecule has 0 bridgehead atoms. The van der Waals surface area contributed by atoms with Crippen molar-refractivity contribution in [1.82, 2.24) is 0 Å². The van der Waals surface area contributed by atoms with Crippen LogP contribution in [-0.2, 0) is 20.3 Å². The molecule has 0 saturated heterocycles. The van der Waals surface area contributed by atoms with Gasteiger partial charge in [0.05, 0.1) is 0 Å². The van der Waals surface area contributed by atoms with Crippen LogP contribution in [0.3, 0.4) is 0 Å². The highest BCUT2D eigenvalue weighted by Crippen LogP contribution is 1.79. The summed E-state index contributed by atoms with van der Waals surface area (Å²) in [5.41, 5.74) is 4.59. The lowest BCUT2D eigenvalue weighted by Gasteiger charge is -1.85. The number of carbonyl (C=O) groups is 1. The normalized spacial score (nSPS) is 13.4. The van der Waals surface area contributed by atoms with Crippen LogP contribution in [0.5, 0.6) is 0 Å². The van der Waals surface area contributed by atoms with Crippen LogP contribution in [0.1, 0.15) is 0 Å². The van der Waals surface area contributed by atoms with Crippen molar-refractivity contribution < 1.29 is 17.7 Å². The second-order valence-corrected chi connectivity index (χ2v) is 1.65. The lowest BCUT2D eigenvalue weighted by Crippen LogP contribution is -2.05. The van der Waals surface area contributed by atoms with E-state index in [0.717, 1.165) is 12.3 Å². The van der Waals surface area contributed by atoms with E-state index in [4.69, 9.17) is 4.55 Å². The Morgan fingerprint density at radius 1 is 1.78 bits per heavy atom. The molecule has 0 spiro atoms. The zero-order valence-electron chi connectivity index (χ0n) is 4.31. The number of primary amides is 1. The number of hydrogen-bond acceptors (Lipinski definition) is 3. The van der Waals surface area contributed by atoms with Gasteiger partial charge >= 0.3 is 11.4 Å². The van der Waals surface area contributed by atoms with Crippen LogP contribution in [0, 0.1) is 0 Å². The summed E-state index contributed by atoms with van der Waals surface area (Å²) in [6.07, 6.45) is 1.58. The molecule has 1 unspecified atom stereocenters. The third-order valence-corrected chi connectivity index (χ3v) is 0.646. The van der Waals surface area contributed by atoms with Crippen LogP contribution in [0.4, 0.5) is 0 Å². The Labute approximate surface area is 54.0 Å². The summed E-state index contributed by atoms with van der Waals surface area (Å²) in [4.78, 5) is 9.86. The predicted molar refractivity (Wildman–Crippen MR) is 30.2 cm³/mol. The highest BCUT2D eigenvalue weighted by molar-refractivity contribution is 7.74. The minimum Gasteiger partial charge on any atom is -0.388 e. The van der Waals surface area contributed by atoms with Gasteiger partial charge in [0.25, 0.3) is 0 Å². The number of rotatable bonds is 3. The maximum atomic E-state index is 9.86. The molecule has 3 N–H and O–H groups in total. The van der Waals surface area contributed by atoms with Crippen LogP contribution < -0.4 is 5.73 Å².